The largest absolute Gasteiger partial charge is 0.399 e. The molecule has 3 N–H and O–H groups in total. The van der Waals surface area contributed by atoms with Crippen LogP contribution in [-0.2, 0) is 10.2 Å². The van der Waals surface area contributed by atoms with E-state index in [4.69, 9.17) is 5.73 Å². The molecule has 0 spiro atoms. The van der Waals surface area contributed by atoms with E-state index in [0.29, 0.717) is 5.69 Å². The highest BCUT2D eigenvalue weighted by Gasteiger charge is 2.30. The lowest BCUT2D eigenvalue weighted by Gasteiger charge is -2.24. The molecule has 2 aromatic rings. The van der Waals surface area contributed by atoms with Crippen LogP contribution in [0.5, 0.6) is 0 Å². The molecule has 0 aliphatic carbocycles. The molecule has 0 saturated carbocycles. The molecule has 0 aliphatic heterocycles. The van der Waals surface area contributed by atoms with E-state index in [1.807, 2.05) is 44.2 Å². The lowest BCUT2D eigenvalue weighted by atomic mass is 9.83. The predicted octanol–water partition coefficient (Wildman–Crippen LogP) is 4.71. The summed E-state index contributed by atoms with van der Waals surface area (Å²) in [7, 11) is 0. The fourth-order valence-corrected chi connectivity index (χ4v) is 3.05. The van der Waals surface area contributed by atoms with Gasteiger partial charge in [-0.2, -0.15) is 0 Å². The maximum Gasteiger partial charge on any atom is 0.234 e. The van der Waals surface area contributed by atoms with Crippen molar-refractivity contribution in [2.45, 2.75) is 19.3 Å². The van der Waals surface area contributed by atoms with Gasteiger partial charge in [-0.1, -0.05) is 28.1 Å². The van der Waals surface area contributed by atoms with Gasteiger partial charge in [-0.3, -0.25) is 4.79 Å². The summed E-state index contributed by atoms with van der Waals surface area (Å²) in [5, 5.41) is 2.95. The number of benzene rings is 2. The molecule has 0 bridgehead atoms. The second-order valence-electron chi connectivity index (χ2n) is 5.33. The van der Waals surface area contributed by atoms with Crippen molar-refractivity contribution < 1.29 is 4.79 Å². The van der Waals surface area contributed by atoms with E-state index in [0.717, 1.165) is 20.2 Å². The van der Waals surface area contributed by atoms with Gasteiger partial charge >= 0.3 is 0 Å². The minimum atomic E-state index is -0.653. The van der Waals surface area contributed by atoms with Gasteiger partial charge in [0.1, 0.15) is 0 Å². The zero-order chi connectivity index (χ0) is 15.6. The van der Waals surface area contributed by atoms with Gasteiger partial charge in [0.2, 0.25) is 5.91 Å². The second-order valence-corrected chi connectivity index (χ2v) is 7.10. The van der Waals surface area contributed by atoms with Crippen molar-refractivity contribution in [3.63, 3.8) is 0 Å². The lowest BCUT2D eigenvalue weighted by molar-refractivity contribution is -0.120. The molecule has 0 heterocycles. The number of nitrogens with one attached hydrogen (secondary N) is 1. The molecule has 5 heteroatoms. The first-order chi connectivity index (χ1) is 9.80. The van der Waals surface area contributed by atoms with Crippen LogP contribution in [0.2, 0.25) is 0 Å². The number of carbonyl (C=O) groups is 1. The minimum Gasteiger partial charge on any atom is -0.399 e. The molecule has 2 rings (SSSR count). The highest BCUT2D eigenvalue weighted by Crippen LogP contribution is 2.30. The highest BCUT2D eigenvalue weighted by molar-refractivity contribution is 9.11. The van der Waals surface area contributed by atoms with Crippen molar-refractivity contribution >= 4 is 49.1 Å². The maximum atomic E-state index is 12.6. The van der Waals surface area contributed by atoms with Crippen LogP contribution in [-0.4, -0.2) is 5.91 Å². The minimum absolute atomic E-state index is 0.0738. The van der Waals surface area contributed by atoms with E-state index < -0.39 is 5.41 Å². The highest BCUT2D eigenvalue weighted by atomic mass is 79.9. The number of rotatable bonds is 3. The normalized spacial score (nSPS) is 11.2. The Kier molecular flexibility index (Phi) is 4.74. The van der Waals surface area contributed by atoms with Gasteiger partial charge in [-0.25, -0.2) is 0 Å². The molecule has 3 nitrogen and oxygen atoms in total. The third-order valence-electron chi connectivity index (χ3n) is 3.38. The van der Waals surface area contributed by atoms with Crippen LogP contribution >= 0.6 is 31.9 Å². The predicted molar refractivity (Wildman–Crippen MR) is 94.4 cm³/mol. The van der Waals surface area contributed by atoms with Crippen molar-refractivity contribution in [2.24, 2.45) is 0 Å². The molecule has 0 radical (unpaired) electrons. The summed E-state index contributed by atoms with van der Waals surface area (Å²) < 4.78 is 1.78. The van der Waals surface area contributed by atoms with Crippen LogP contribution in [0.15, 0.2) is 51.4 Å². The second kappa shape index (κ2) is 6.20. The summed E-state index contributed by atoms with van der Waals surface area (Å²) in [4.78, 5) is 12.6. The number of nitrogens with two attached hydrogens (primary N) is 1. The van der Waals surface area contributed by atoms with Gasteiger partial charge in [0.05, 0.1) is 11.1 Å². The van der Waals surface area contributed by atoms with Crippen LogP contribution in [0, 0.1) is 0 Å². The fourth-order valence-electron chi connectivity index (χ4n) is 1.90. The number of hydrogen-bond acceptors (Lipinski definition) is 2. The Balaban J connectivity index is 2.24. The summed E-state index contributed by atoms with van der Waals surface area (Å²) in [6.45, 7) is 3.78. The zero-order valence-electron chi connectivity index (χ0n) is 11.8. The Hall–Kier alpha value is -1.33. The molecule has 0 atom stereocenters. The molecule has 1 amide bonds. The first kappa shape index (κ1) is 16.0. The van der Waals surface area contributed by atoms with Gasteiger partial charge < -0.3 is 11.1 Å². The first-order valence-corrected chi connectivity index (χ1v) is 8.02. The summed E-state index contributed by atoms with van der Waals surface area (Å²) in [6.07, 6.45) is 0. The average molecular weight is 412 g/mol. The summed E-state index contributed by atoms with van der Waals surface area (Å²) in [5.41, 5.74) is 7.39. The molecule has 0 fully saturated rings. The third kappa shape index (κ3) is 3.66. The van der Waals surface area contributed by atoms with Gasteiger partial charge in [0, 0.05) is 14.6 Å². The molecule has 0 saturated heterocycles. The Morgan fingerprint density at radius 3 is 2.29 bits per heavy atom. The van der Waals surface area contributed by atoms with Crippen molar-refractivity contribution in [3.05, 3.63) is 57.0 Å². The number of carbonyl (C=O) groups excluding carboxylic acids is 1. The zero-order valence-corrected chi connectivity index (χ0v) is 15.0. The molecule has 0 unspecified atom stereocenters. The van der Waals surface area contributed by atoms with Crippen LogP contribution in [0.1, 0.15) is 19.4 Å². The van der Waals surface area contributed by atoms with Gasteiger partial charge in [-0.15, -0.1) is 0 Å². The smallest absolute Gasteiger partial charge is 0.234 e. The van der Waals surface area contributed by atoms with E-state index in [1.54, 1.807) is 12.1 Å². The van der Waals surface area contributed by atoms with Gasteiger partial charge in [0.15, 0.2) is 0 Å². The molecule has 21 heavy (non-hydrogen) atoms. The summed E-state index contributed by atoms with van der Waals surface area (Å²) in [5.74, 6) is -0.0738. The third-order valence-corrected chi connectivity index (χ3v) is 4.53. The Morgan fingerprint density at radius 2 is 1.71 bits per heavy atom. The molecule has 0 aromatic heterocycles. The van der Waals surface area contributed by atoms with E-state index in [9.17, 15) is 4.79 Å². The SMILES string of the molecule is CC(C)(C(=O)Nc1ccc(Br)cc1Br)c1ccc(N)cc1. The van der Waals surface area contributed by atoms with Crippen LogP contribution in [0.25, 0.3) is 0 Å². The molecular weight excluding hydrogens is 396 g/mol. The number of anilines is 2. The van der Waals surface area contributed by atoms with Crippen LogP contribution in [0.3, 0.4) is 0 Å². The van der Waals surface area contributed by atoms with Gasteiger partial charge in [-0.05, 0) is 65.7 Å². The van der Waals surface area contributed by atoms with E-state index in [2.05, 4.69) is 37.2 Å². The quantitative estimate of drug-likeness (QED) is 0.718. The molecule has 0 aliphatic rings. The van der Waals surface area contributed by atoms with Gasteiger partial charge in [0.25, 0.3) is 0 Å². The molecule has 2 aromatic carbocycles. The Labute approximate surface area is 141 Å². The van der Waals surface area contributed by atoms with Crippen molar-refractivity contribution in [1.82, 2.24) is 0 Å². The maximum absolute atomic E-state index is 12.6. The fraction of sp³-hybridized carbons (Fsp3) is 0.188. The average Bonchev–Trinajstić information content (AvgIpc) is 2.42. The van der Waals surface area contributed by atoms with Crippen LogP contribution < -0.4 is 11.1 Å². The van der Waals surface area contributed by atoms with Crippen molar-refractivity contribution in [3.8, 4) is 0 Å². The number of amides is 1. The molecular formula is C16H16Br2N2O. The molecule has 110 valence electrons. The van der Waals surface area contributed by atoms with Crippen molar-refractivity contribution in [1.29, 1.82) is 0 Å². The number of halogens is 2. The number of nitrogen functional groups attached to an aromatic ring is 1. The Morgan fingerprint density at radius 1 is 1.10 bits per heavy atom. The van der Waals surface area contributed by atoms with E-state index >= 15 is 0 Å². The number of hydrogen-bond donors (Lipinski definition) is 2. The lowest BCUT2D eigenvalue weighted by Crippen LogP contribution is -2.34. The summed E-state index contributed by atoms with van der Waals surface area (Å²) >= 11 is 6.84. The van der Waals surface area contributed by atoms with E-state index in [-0.39, 0.29) is 5.91 Å². The standard InChI is InChI=1S/C16H16Br2N2O/c1-16(2,10-3-6-12(19)7-4-10)15(21)20-14-8-5-11(17)9-13(14)18/h3-9H,19H2,1-2H3,(H,20,21). The van der Waals surface area contributed by atoms with Crippen molar-refractivity contribution in [2.75, 3.05) is 11.1 Å². The van der Waals surface area contributed by atoms with E-state index in [1.165, 1.54) is 0 Å². The monoisotopic (exact) mass is 410 g/mol. The first-order valence-electron chi connectivity index (χ1n) is 6.43. The van der Waals surface area contributed by atoms with Crippen LogP contribution in [0.4, 0.5) is 11.4 Å². The summed E-state index contributed by atoms with van der Waals surface area (Å²) in [6, 6.07) is 13.0. The topological polar surface area (TPSA) is 55.1 Å². The Bertz CT molecular complexity index is 666.